The summed E-state index contributed by atoms with van der Waals surface area (Å²) >= 11 is 0. The Hall–Kier alpha value is -5.72. The maximum absolute atomic E-state index is 10.7. The Morgan fingerprint density at radius 3 is 1.93 bits per heavy atom. The fourth-order valence-electron chi connectivity index (χ4n) is 8.84. The molecule has 3 nitrogen and oxygen atoms in total. The van der Waals surface area contributed by atoms with Gasteiger partial charge in [-0.2, -0.15) is 5.26 Å². The number of hydrogen-bond donors (Lipinski definition) is 0. The minimum Gasteiger partial charge on any atom is -0.458 e. The summed E-state index contributed by atoms with van der Waals surface area (Å²) in [6.07, 6.45) is 0. The Morgan fingerprint density at radius 1 is 0.545 bits per heavy atom. The zero-order valence-electron chi connectivity index (χ0n) is 23.5. The Kier molecular flexibility index (Phi) is 4.05. The minimum absolute atomic E-state index is 0.0173. The first-order valence-electron chi connectivity index (χ1n) is 15.2. The van der Waals surface area contributed by atoms with Gasteiger partial charge in [-0.15, -0.1) is 0 Å². The van der Waals surface area contributed by atoms with Crippen molar-refractivity contribution < 1.29 is 4.74 Å². The number of para-hydroxylation sites is 3. The predicted molar refractivity (Wildman–Crippen MR) is 182 cm³/mol. The molecule has 0 amide bonds. The Labute approximate surface area is 254 Å². The summed E-state index contributed by atoms with van der Waals surface area (Å²) in [5, 5.41) is 15.2. The van der Waals surface area contributed by atoms with E-state index in [1.54, 1.807) is 0 Å². The van der Waals surface area contributed by atoms with Crippen molar-refractivity contribution in [2.24, 2.45) is 0 Å². The van der Waals surface area contributed by atoms with Gasteiger partial charge in [-0.1, -0.05) is 102 Å². The largest absolute Gasteiger partial charge is 0.458 e. The molecule has 5 heteroatoms. The maximum atomic E-state index is 10.7. The number of nitrogens with zero attached hydrogens (tertiary/aromatic N) is 2. The highest BCUT2D eigenvalue weighted by atomic mass is 16.5. The second-order valence-corrected chi connectivity index (χ2v) is 12.2. The Balaban J connectivity index is 1.42. The quantitative estimate of drug-likeness (QED) is 0.210. The lowest BCUT2D eigenvalue weighted by Crippen LogP contribution is -2.65. The number of ether oxygens (including phenoxy) is 1. The molecule has 0 aromatic heterocycles. The topological polar surface area (TPSA) is 36.3 Å². The molecule has 4 aliphatic heterocycles. The molecule has 0 saturated heterocycles. The first kappa shape index (κ1) is 22.8. The van der Waals surface area contributed by atoms with Crippen LogP contribution in [0.4, 0.5) is 17.1 Å². The van der Waals surface area contributed by atoms with Crippen molar-refractivity contribution in [1.29, 1.82) is 5.26 Å². The van der Waals surface area contributed by atoms with Crippen LogP contribution in [0.5, 0.6) is 11.5 Å². The summed E-state index contributed by atoms with van der Waals surface area (Å²) in [7, 11) is 0. The molecule has 0 radical (unpaired) electrons. The highest BCUT2D eigenvalue weighted by Gasteiger charge is 2.49. The Morgan fingerprint density at radius 2 is 1.18 bits per heavy atom. The number of hydrogen-bond acceptors (Lipinski definition) is 3. The van der Waals surface area contributed by atoms with Gasteiger partial charge in [-0.3, -0.25) is 0 Å². The molecule has 0 atom stereocenters. The molecule has 0 N–H and O–H groups in total. The molecule has 4 heterocycles. The van der Waals surface area contributed by atoms with E-state index < -0.39 is 0 Å². The molecule has 0 fully saturated rings. The van der Waals surface area contributed by atoms with E-state index >= 15 is 0 Å². The molecule has 0 unspecified atom stereocenters. The highest BCUT2D eigenvalue weighted by Crippen LogP contribution is 2.48. The van der Waals surface area contributed by atoms with Gasteiger partial charge in [0.05, 0.1) is 5.56 Å². The van der Waals surface area contributed by atoms with E-state index in [4.69, 9.17) is 4.74 Å². The molecule has 44 heavy (non-hydrogen) atoms. The lowest BCUT2D eigenvalue weighted by molar-refractivity contribution is 0.488. The maximum Gasteiger partial charge on any atom is 0.252 e. The molecule has 0 bridgehead atoms. The van der Waals surface area contributed by atoms with Crippen LogP contribution in [0.25, 0.3) is 32.7 Å². The third kappa shape index (κ3) is 2.50. The van der Waals surface area contributed by atoms with Crippen LogP contribution in [0.2, 0.25) is 0 Å². The fourth-order valence-corrected chi connectivity index (χ4v) is 8.84. The second kappa shape index (κ2) is 7.81. The number of benzene rings is 7. The number of fused-ring (bicyclic) bond motifs is 6. The summed E-state index contributed by atoms with van der Waals surface area (Å²) in [6.45, 7) is 0.0495. The molecular weight excluding hydrogens is 534 g/mol. The first-order chi connectivity index (χ1) is 21.8. The van der Waals surface area contributed by atoms with Gasteiger partial charge in [0.15, 0.2) is 0 Å². The molecule has 11 rings (SSSR count). The van der Waals surface area contributed by atoms with Crippen molar-refractivity contribution >= 4 is 84.8 Å². The van der Waals surface area contributed by atoms with E-state index in [-0.39, 0.29) is 13.4 Å². The lowest BCUT2D eigenvalue weighted by atomic mass is 9.27. The van der Waals surface area contributed by atoms with Crippen molar-refractivity contribution in [2.75, 3.05) is 4.90 Å². The van der Waals surface area contributed by atoms with E-state index in [0.29, 0.717) is 0 Å². The number of rotatable bonds is 1. The monoisotopic (exact) mass is 554 g/mol. The van der Waals surface area contributed by atoms with Crippen LogP contribution in [-0.4, -0.2) is 13.4 Å². The predicted octanol–water partition coefficient (Wildman–Crippen LogP) is 5.08. The smallest absolute Gasteiger partial charge is 0.252 e. The van der Waals surface area contributed by atoms with Gasteiger partial charge in [0, 0.05) is 33.9 Å². The first-order valence-corrected chi connectivity index (χ1v) is 15.2. The summed E-state index contributed by atoms with van der Waals surface area (Å²) in [4.78, 5) is 2.42. The standard InChI is InChI=1S/C39H20B2N2O/c42-21-25-23-12-8-16-28-34(23)36-35-24(25)13-9-17-29(35)41-27-15-5-7-19-32(27)44-33-20-31-38(37(36)39(33)41)40(28)26-14-4-6-18-30(26)43(31)22-10-2-1-3-11-22/h1-20H. The van der Waals surface area contributed by atoms with Crippen molar-refractivity contribution in [3.63, 3.8) is 0 Å². The van der Waals surface area contributed by atoms with Crippen LogP contribution >= 0.6 is 0 Å². The van der Waals surface area contributed by atoms with Gasteiger partial charge in [0.25, 0.3) is 6.71 Å². The molecule has 4 aliphatic rings. The van der Waals surface area contributed by atoms with E-state index in [9.17, 15) is 5.26 Å². The van der Waals surface area contributed by atoms with Crippen molar-refractivity contribution in [2.45, 2.75) is 0 Å². The highest BCUT2D eigenvalue weighted by molar-refractivity contribution is 7.05. The molecular formula is C39H20B2N2O. The van der Waals surface area contributed by atoms with E-state index in [0.717, 1.165) is 39.2 Å². The molecule has 7 aromatic carbocycles. The summed E-state index contributed by atoms with van der Waals surface area (Å²) < 4.78 is 6.86. The number of nitriles is 1. The average Bonchev–Trinajstić information content (AvgIpc) is 3.08. The van der Waals surface area contributed by atoms with Crippen LogP contribution in [-0.2, 0) is 0 Å². The lowest BCUT2D eigenvalue weighted by Gasteiger charge is -2.44. The normalized spacial score (nSPS) is 13.9. The van der Waals surface area contributed by atoms with Crippen LogP contribution in [0.15, 0.2) is 121 Å². The molecule has 198 valence electrons. The zero-order chi connectivity index (χ0) is 28.7. The van der Waals surface area contributed by atoms with Gasteiger partial charge in [0.1, 0.15) is 17.6 Å². The van der Waals surface area contributed by atoms with Gasteiger partial charge < -0.3 is 9.64 Å². The third-order valence-electron chi connectivity index (χ3n) is 10.3. The SMILES string of the molecule is N#Cc1c2cccc3c2c2c4c(cccc14)B1c4ccccc4N(c4ccccc4)c4cc5c(c-2c41)B3c1ccccc1O5. The van der Waals surface area contributed by atoms with E-state index in [1.165, 1.54) is 60.4 Å². The molecule has 7 aromatic rings. The van der Waals surface area contributed by atoms with Crippen molar-refractivity contribution in [1.82, 2.24) is 0 Å². The van der Waals surface area contributed by atoms with Crippen molar-refractivity contribution in [3.05, 3.63) is 127 Å². The van der Waals surface area contributed by atoms with Crippen LogP contribution in [0.1, 0.15) is 5.56 Å². The summed E-state index contributed by atoms with van der Waals surface area (Å²) in [6, 6.07) is 46.0. The van der Waals surface area contributed by atoms with Gasteiger partial charge in [0.2, 0.25) is 6.71 Å². The van der Waals surface area contributed by atoms with Gasteiger partial charge in [-0.25, -0.2) is 0 Å². The average molecular weight is 554 g/mol. The Bertz CT molecular complexity index is 2490. The van der Waals surface area contributed by atoms with Crippen molar-refractivity contribution in [3.8, 4) is 28.7 Å². The number of anilines is 3. The van der Waals surface area contributed by atoms with Crippen LogP contribution < -0.4 is 42.4 Å². The van der Waals surface area contributed by atoms with Crippen LogP contribution in [0, 0.1) is 11.3 Å². The third-order valence-corrected chi connectivity index (χ3v) is 10.3. The molecule has 0 spiro atoms. The second-order valence-electron chi connectivity index (χ2n) is 12.2. The van der Waals surface area contributed by atoms with E-state index in [1.807, 2.05) is 0 Å². The van der Waals surface area contributed by atoms with Gasteiger partial charge in [-0.05, 0) is 68.0 Å². The fraction of sp³-hybridized carbons (Fsp3) is 0. The van der Waals surface area contributed by atoms with Gasteiger partial charge >= 0.3 is 0 Å². The van der Waals surface area contributed by atoms with E-state index in [2.05, 4.69) is 132 Å². The minimum atomic E-state index is 0.0173. The zero-order valence-corrected chi connectivity index (χ0v) is 23.5. The molecule has 0 saturated carbocycles. The summed E-state index contributed by atoms with van der Waals surface area (Å²) in [5.41, 5.74) is 14.3. The summed E-state index contributed by atoms with van der Waals surface area (Å²) in [5.74, 6) is 1.82. The molecule has 0 aliphatic carbocycles. The van der Waals surface area contributed by atoms with Crippen LogP contribution in [0.3, 0.4) is 0 Å².